The molecule has 0 aromatic heterocycles. The maximum atomic E-state index is 5.87. The highest BCUT2D eigenvalue weighted by Gasteiger charge is 2.16. The summed E-state index contributed by atoms with van der Waals surface area (Å²) in [6.07, 6.45) is 5.91. The zero-order valence-electron chi connectivity index (χ0n) is 13.4. The van der Waals surface area contributed by atoms with Gasteiger partial charge in [-0.1, -0.05) is 25.5 Å². The fraction of sp³-hybridized carbons (Fsp3) is 0.588. The number of hydrogen-bond donors (Lipinski definition) is 2. The highest BCUT2D eigenvalue weighted by molar-refractivity contribution is 14.0. The van der Waals surface area contributed by atoms with Crippen LogP contribution >= 0.6 is 24.0 Å². The van der Waals surface area contributed by atoms with Gasteiger partial charge in [0.25, 0.3) is 0 Å². The van der Waals surface area contributed by atoms with Gasteiger partial charge in [-0.25, -0.2) is 0 Å². The van der Waals surface area contributed by atoms with Crippen LogP contribution in [-0.2, 0) is 6.42 Å². The first-order valence-corrected chi connectivity index (χ1v) is 8.03. The molecule has 1 aliphatic carbocycles. The van der Waals surface area contributed by atoms with E-state index in [0.29, 0.717) is 5.96 Å². The zero-order chi connectivity index (χ0) is 14.9. The van der Waals surface area contributed by atoms with Crippen molar-refractivity contribution in [2.45, 2.75) is 39.0 Å². The molecule has 1 aromatic carbocycles. The highest BCUT2D eigenvalue weighted by Crippen LogP contribution is 2.26. The van der Waals surface area contributed by atoms with E-state index in [1.807, 2.05) is 12.1 Å². The standard InChI is InChI=1S/C17H27N3O.HI/c1-2-11-21-16-8-4-5-14(12-16)9-10-19-17(18)20-13-15-6-3-7-15;/h4-5,8,12,15H,2-3,6-7,9-11,13H2,1H3,(H3,18,19,20);1H. The van der Waals surface area contributed by atoms with Crippen LogP contribution in [0.1, 0.15) is 38.2 Å². The van der Waals surface area contributed by atoms with Crippen molar-refractivity contribution in [3.8, 4) is 5.75 Å². The number of nitrogens with zero attached hydrogens (tertiary/aromatic N) is 1. The molecular weight excluding hydrogens is 389 g/mol. The van der Waals surface area contributed by atoms with Crippen molar-refractivity contribution in [2.75, 3.05) is 19.7 Å². The Hall–Kier alpha value is -0.980. The van der Waals surface area contributed by atoms with Gasteiger partial charge in [0.2, 0.25) is 0 Å². The van der Waals surface area contributed by atoms with E-state index in [1.54, 1.807) is 0 Å². The third-order valence-corrected chi connectivity index (χ3v) is 3.84. The summed E-state index contributed by atoms with van der Waals surface area (Å²) in [5, 5.41) is 3.18. The number of aliphatic imine (C=N–C) groups is 1. The molecule has 0 radical (unpaired) electrons. The molecule has 5 heteroatoms. The number of benzene rings is 1. The van der Waals surface area contributed by atoms with Crippen LogP contribution < -0.4 is 15.8 Å². The van der Waals surface area contributed by atoms with Crippen molar-refractivity contribution in [3.63, 3.8) is 0 Å². The van der Waals surface area contributed by atoms with E-state index in [2.05, 4.69) is 29.4 Å². The lowest BCUT2D eigenvalue weighted by atomic mass is 9.86. The zero-order valence-corrected chi connectivity index (χ0v) is 15.7. The summed E-state index contributed by atoms with van der Waals surface area (Å²) < 4.78 is 5.64. The number of guanidine groups is 1. The minimum Gasteiger partial charge on any atom is -0.494 e. The van der Waals surface area contributed by atoms with E-state index >= 15 is 0 Å². The van der Waals surface area contributed by atoms with E-state index in [1.165, 1.54) is 24.8 Å². The van der Waals surface area contributed by atoms with Gasteiger partial charge >= 0.3 is 0 Å². The normalized spacial score (nSPS) is 14.9. The van der Waals surface area contributed by atoms with Crippen LogP contribution in [0.4, 0.5) is 0 Å². The maximum Gasteiger partial charge on any atom is 0.188 e. The molecule has 1 aromatic rings. The van der Waals surface area contributed by atoms with Crippen LogP contribution in [-0.4, -0.2) is 25.7 Å². The Morgan fingerprint density at radius 3 is 2.91 bits per heavy atom. The van der Waals surface area contributed by atoms with Crippen molar-refractivity contribution in [2.24, 2.45) is 16.6 Å². The van der Waals surface area contributed by atoms with E-state index in [0.717, 1.165) is 44.2 Å². The summed E-state index contributed by atoms with van der Waals surface area (Å²) in [4.78, 5) is 4.39. The minimum absolute atomic E-state index is 0. The number of nitrogens with one attached hydrogen (secondary N) is 1. The molecule has 1 aliphatic rings. The summed E-state index contributed by atoms with van der Waals surface area (Å²) in [6, 6.07) is 8.25. The molecule has 0 atom stereocenters. The topological polar surface area (TPSA) is 59.6 Å². The third-order valence-electron chi connectivity index (χ3n) is 3.84. The molecule has 124 valence electrons. The molecule has 0 spiro atoms. The fourth-order valence-electron chi connectivity index (χ4n) is 2.30. The van der Waals surface area contributed by atoms with Crippen LogP contribution in [0.25, 0.3) is 0 Å². The third kappa shape index (κ3) is 6.85. The van der Waals surface area contributed by atoms with E-state index in [4.69, 9.17) is 10.5 Å². The first kappa shape index (κ1) is 19.1. The highest BCUT2D eigenvalue weighted by atomic mass is 127. The molecule has 0 amide bonds. The van der Waals surface area contributed by atoms with Crippen LogP contribution in [0.15, 0.2) is 29.3 Å². The summed E-state index contributed by atoms with van der Waals surface area (Å²) >= 11 is 0. The summed E-state index contributed by atoms with van der Waals surface area (Å²) in [5.74, 6) is 2.28. The molecule has 4 nitrogen and oxygen atoms in total. The first-order valence-electron chi connectivity index (χ1n) is 8.03. The molecule has 0 aliphatic heterocycles. The van der Waals surface area contributed by atoms with E-state index in [-0.39, 0.29) is 24.0 Å². The SMILES string of the molecule is CCCOc1cccc(CCNC(N)=NCC2CCC2)c1.I. The Morgan fingerprint density at radius 2 is 2.23 bits per heavy atom. The van der Waals surface area contributed by atoms with Crippen LogP contribution in [0.5, 0.6) is 5.75 Å². The Morgan fingerprint density at radius 1 is 1.41 bits per heavy atom. The second-order valence-corrected chi connectivity index (χ2v) is 5.70. The van der Waals surface area contributed by atoms with Gasteiger partial charge < -0.3 is 15.8 Å². The molecule has 22 heavy (non-hydrogen) atoms. The van der Waals surface area contributed by atoms with Gasteiger partial charge in [0.05, 0.1) is 6.61 Å². The molecule has 1 saturated carbocycles. The van der Waals surface area contributed by atoms with Gasteiger partial charge in [0.15, 0.2) is 5.96 Å². The monoisotopic (exact) mass is 417 g/mol. The van der Waals surface area contributed by atoms with E-state index in [9.17, 15) is 0 Å². The predicted octanol–water partition coefficient (Wildman–Crippen LogP) is 3.34. The van der Waals surface area contributed by atoms with Gasteiger partial charge in [-0.3, -0.25) is 4.99 Å². The van der Waals surface area contributed by atoms with Crippen molar-refractivity contribution in [1.82, 2.24) is 5.32 Å². The molecule has 1 fully saturated rings. The van der Waals surface area contributed by atoms with Crippen molar-refractivity contribution >= 4 is 29.9 Å². The number of ether oxygens (including phenoxy) is 1. The lowest BCUT2D eigenvalue weighted by Gasteiger charge is -2.23. The molecule has 0 unspecified atom stereocenters. The van der Waals surface area contributed by atoms with Crippen molar-refractivity contribution in [1.29, 1.82) is 0 Å². The average Bonchev–Trinajstić information content (AvgIpc) is 2.44. The molecule has 0 heterocycles. The Labute approximate surface area is 150 Å². The van der Waals surface area contributed by atoms with Crippen LogP contribution in [0, 0.1) is 5.92 Å². The molecule has 2 rings (SSSR count). The van der Waals surface area contributed by atoms with Gasteiger partial charge in [0, 0.05) is 13.1 Å². The Balaban J connectivity index is 0.00000242. The number of hydrogen-bond acceptors (Lipinski definition) is 2. The maximum absolute atomic E-state index is 5.87. The minimum atomic E-state index is 0. The van der Waals surface area contributed by atoms with Gasteiger partial charge in [-0.2, -0.15) is 0 Å². The summed E-state index contributed by atoms with van der Waals surface area (Å²) in [6.45, 7) is 4.55. The van der Waals surface area contributed by atoms with Gasteiger partial charge in [0.1, 0.15) is 5.75 Å². The lowest BCUT2D eigenvalue weighted by Crippen LogP contribution is -2.34. The van der Waals surface area contributed by atoms with Gasteiger partial charge in [-0.15, -0.1) is 24.0 Å². The van der Waals surface area contributed by atoms with E-state index < -0.39 is 0 Å². The lowest BCUT2D eigenvalue weighted by molar-refractivity contribution is 0.317. The second-order valence-electron chi connectivity index (χ2n) is 5.70. The molecule has 0 saturated heterocycles. The Bertz CT molecular complexity index is 461. The summed E-state index contributed by atoms with van der Waals surface area (Å²) in [7, 11) is 0. The molecule has 0 bridgehead atoms. The Kier molecular flexibility index (Phi) is 9.27. The fourth-order valence-corrected chi connectivity index (χ4v) is 2.30. The largest absolute Gasteiger partial charge is 0.494 e. The van der Waals surface area contributed by atoms with Crippen LogP contribution in [0.2, 0.25) is 0 Å². The van der Waals surface area contributed by atoms with Gasteiger partial charge in [-0.05, 0) is 49.3 Å². The average molecular weight is 417 g/mol. The molecule has 3 N–H and O–H groups in total. The first-order chi connectivity index (χ1) is 10.3. The van der Waals surface area contributed by atoms with Crippen LogP contribution in [0.3, 0.4) is 0 Å². The summed E-state index contributed by atoms with van der Waals surface area (Å²) in [5.41, 5.74) is 7.13. The smallest absolute Gasteiger partial charge is 0.188 e. The second kappa shape index (κ2) is 10.7. The number of nitrogens with two attached hydrogens (primary N) is 1. The quantitative estimate of drug-likeness (QED) is 0.388. The van der Waals surface area contributed by atoms with Crippen molar-refractivity contribution < 1.29 is 4.74 Å². The number of rotatable bonds is 8. The van der Waals surface area contributed by atoms with Crippen molar-refractivity contribution in [3.05, 3.63) is 29.8 Å². The number of halogens is 1. The predicted molar refractivity (Wildman–Crippen MR) is 103 cm³/mol. The molecular formula is C17H28IN3O.